The Hall–Kier alpha value is -3.60. The second-order valence-electron chi connectivity index (χ2n) is 7.62. The number of anilines is 1. The van der Waals surface area contributed by atoms with Crippen LogP contribution in [-0.2, 0) is 11.8 Å². The molecule has 0 spiro atoms. The van der Waals surface area contributed by atoms with E-state index in [9.17, 15) is 0 Å². The largest absolute Gasteiger partial charge is 0.442 e. The number of aromatic nitrogens is 3. The zero-order valence-electron chi connectivity index (χ0n) is 16.5. The molecule has 2 heterocycles. The first-order chi connectivity index (χ1) is 14.2. The van der Waals surface area contributed by atoms with Gasteiger partial charge in [-0.05, 0) is 23.3 Å². The highest BCUT2D eigenvalue weighted by Gasteiger charge is 2.36. The molecule has 144 valence electrons. The molecule has 0 saturated heterocycles. The predicted octanol–water partition coefficient (Wildman–Crippen LogP) is 4.69. The molecule has 4 aromatic rings. The van der Waals surface area contributed by atoms with Gasteiger partial charge in [-0.25, -0.2) is 4.98 Å². The number of nitrogens with zero attached hydrogens (tertiary/aromatic N) is 3. The van der Waals surface area contributed by atoms with Gasteiger partial charge >= 0.3 is 0 Å². The molecule has 1 atom stereocenters. The van der Waals surface area contributed by atoms with Crippen molar-refractivity contribution in [1.29, 1.82) is 0 Å². The number of hydrogen-bond donors (Lipinski definition) is 1. The summed E-state index contributed by atoms with van der Waals surface area (Å²) in [7, 11) is 4.12. The third kappa shape index (κ3) is 2.86. The van der Waals surface area contributed by atoms with E-state index in [-0.39, 0.29) is 5.41 Å². The van der Waals surface area contributed by atoms with E-state index in [0.717, 1.165) is 23.4 Å². The Bertz CT molecular complexity index is 1140. The summed E-state index contributed by atoms with van der Waals surface area (Å²) in [5.41, 5.74) is 6.41. The van der Waals surface area contributed by atoms with Gasteiger partial charge in [-0.1, -0.05) is 54.6 Å². The summed E-state index contributed by atoms with van der Waals surface area (Å²) in [5, 5.41) is 7.75. The number of allylic oxidation sites excluding steroid dienone is 1. The van der Waals surface area contributed by atoms with Gasteiger partial charge in [0.1, 0.15) is 5.69 Å². The van der Waals surface area contributed by atoms with Crippen LogP contribution in [0.3, 0.4) is 0 Å². The van der Waals surface area contributed by atoms with E-state index in [1.54, 1.807) is 6.20 Å². The summed E-state index contributed by atoms with van der Waals surface area (Å²) in [6.45, 7) is 0. The van der Waals surface area contributed by atoms with Crippen molar-refractivity contribution in [3.05, 3.63) is 95.6 Å². The summed E-state index contributed by atoms with van der Waals surface area (Å²) >= 11 is 0. The van der Waals surface area contributed by atoms with Gasteiger partial charge in [0.2, 0.25) is 0 Å². The molecule has 1 aliphatic carbocycles. The fourth-order valence-corrected chi connectivity index (χ4v) is 4.14. The molecule has 1 unspecified atom stereocenters. The Morgan fingerprint density at radius 3 is 2.45 bits per heavy atom. The third-order valence-electron chi connectivity index (χ3n) is 5.73. The summed E-state index contributed by atoms with van der Waals surface area (Å²) in [6, 6.07) is 19.5. The van der Waals surface area contributed by atoms with Crippen LogP contribution in [0.4, 0.5) is 5.69 Å². The molecule has 0 saturated carbocycles. The van der Waals surface area contributed by atoms with Crippen LogP contribution in [0.5, 0.6) is 0 Å². The lowest BCUT2D eigenvalue weighted by atomic mass is 9.68. The molecule has 0 bridgehead atoms. The Kier molecular flexibility index (Phi) is 4.09. The Balaban J connectivity index is 1.63. The highest BCUT2D eigenvalue weighted by Crippen LogP contribution is 2.43. The molecule has 0 fully saturated rings. The van der Waals surface area contributed by atoms with Crippen molar-refractivity contribution in [2.24, 2.45) is 0 Å². The third-order valence-corrected chi connectivity index (χ3v) is 5.73. The van der Waals surface area contributed by atoms with E-state index < -0.39 is 0 Å². The first kappa shape index (κ1) is 17.5. The van der Waals surface area contributed by atoms with Crippen molar-refractivity contribution in [3.63, 3.8) is 0 Å². The van der Waals surface area contributed by atoms with Crippen LogP contribution < -0.4 is 4.90 Å². The standard InChI is InChI=1S/C24H22N4O/c1-28(2)19-10-8-18(9-11-19)24(17-6-4-3-5-7-17)13-12-20-21(14-24)26-27-23(20)22-15-25-16-29-22/h3-13,15-16H,14H2,1-2H3,(H,26,27). The fraction of sp³-hybridized carbons (Fsp3) is 0.167. The molecule has 5 rings (SSSR count). The van der Waals surface area contributed by atoms with Crippen molar-refractivity contribution < 1.29 is 4.42 Å². The second kappa shape index (κ2) is 6.78. The quantitative estimate of drug-likeness (QED) is 0.556. The normalized spacial score (nSPS) is 17.9. The predicted molar refractivity (Wildman–Crippen MR) is 115 cm³/mol. The summed E-state index contributed by atoms with van der Waals surface area (Å²) < 4.78 is 5.47. The molecule has 0 aliphatic heterocycles. The van der Waals surface area contributed by atoms with Gasteiger partial charge < -0.3 is 9.32 Å². The minimum atomic E-state index is -0.260. The number of hydrogen-bond acceptors (Lipinski definition) is 4. The molecule has 2 aromatic heterocycles. The van der Waals surface area contributed by atoms with Crippen LogP contribution in [0.25, 0.3) is 17.5 Å². The second-order valence-corrected chi connectivity index (χ2v) is 7.62. The van der Waals surface area contributed by atoms with E-state index in [4.69, 9.17) is 4.42 Å². The molecule has 29 heavy (non-hydrogen) atoms. The van der Waals surface area contributed by atoms with Gasteiger partial charge in [-0.3, -0.25) is 5.10 Å². The highest BCUT2D eigenvalue weighted by atomic mass is 16.3. The van der Waals surface area contributed by atoms with Crippen LogP contribution in [0, 0.1) is 0 Å². The molecule has 5 heteroatoms. The van der Waals surface area contributed by atoms with Gasteiger partial charge in [0.05, 0.1) is 6.20 Å². The first-order valence-corrected chi connectivity index (χ1v) is 9.66. The van der Waals surface area contributed by atoms with Crippen molar-refractivity contribution in [3.8, 4) is 11.5 Å². The average Bonchev–Trinajstić information content (AvgIpc) is 3.43. The SMILES string of the molecule is CN(C)c1ccc(C2(c3ccccc3)C=Cc3c(-c4cnco4)n[nH]c3C2)cc1. The molecule has 2 aromatic carbocycles. The van der Waals surface area contributed by atoms with Gasteiger partial charge in [-0.15, -0.1) is 0 Å². The first-order valence-electron chi connectivity index (χ1n) is 9.66. The zero-order chi connectivity index (χ0) is 19.8. The van der Waals surface area contributed by atoms with Crippen LogP contribution in [0.1, 0.15) is 22.4 Å². The van der Waals surface area contributed by atoms with E-state index in [2.05, 4.69) is 101 Å². The van der Waals surface area contributed by atoms with Crippen LogP contribution in [0.2, 0.25) is 0 Å². The molecule has 1 N–H and O–H groups in total. The number of rotatable bonds is 4. The molecule has 5 nitrogen and oxygen atoms in total. The lowest BCUT2D eigenvalue weighted by Crippen LogP contribution is -2.30. The van der Waals surface area contributed by atoms with Crippen LogP contribution in [-0.4, -0.2) is 29.3 Å². The van der Waals surface area contributed by atoms with Crippen LogP contribution >= 0.6 is 0 Å². The van der Waals surface area contributed by atoms with Gasteiger partial charge in [-0.2, -0.15) is 5.10 Å². The maximum Gasteiger partial charge on any atom is 0.181 e. The van der Waals surface area contributed by atoms with E-state index in [0.29, 0.717) is 5.76 Å². The summed E-state index contributed by atoms with van der Waals surface area (Å²) in [5.74, 6) is 0.676. The van der Waals surface area contributed by atoms with Gasteiger partial charge in [0.25, 0.3) is 0 Å². The maximum atomic E-state index is 5.47. The van der Waals surface area contributed by atoms with Crippen molar-refractivity contribution in [1.82, 2.24) is 15.2 Å². The number of H-pyrrole nitrogens is 1. The molecular weight excluding hydrogens is 360 g/mol. The van der Waals surface area contributed by atoms with Crippen molar-refractivity contribution >= 4 is 11.8 Å². The maximum absolute atomic E-state index is 5.47. The molecular formula is C24H22N4O. The summed E-state index contributed by atoms with van der Waals surface area (Å²) in [6.07, 6.45) is 8.38. The lowest BCUT2D eigenvalue weighted by molar-refractivity contribution is 0.569. The topological polar surface area (TPSA) is 58.0 Å². The summed E-state index contributed by atoms with van der Waals surface area (Å²) in [4.78, 5) is 6.14. The number of nitrogens with one attached hydrogen (secondary N) is 1. The average molecular weight is 382 g/mol. The van der Waals surface area contributed by atoms with E-state index in [1.165, 1.54) is 23.2 Å². The van der Waals surface area contributed by atoms with E-state index >= 15 is 0 Å². The van der Waals surface area contributed by atoms with Crippen molar-refractivity contribution in [2.75, 3.05) is 19.0 Å². The number of oxazole rings is 1. The Morgan fingerprint density at radius 2 is 1.76 bits per heavy atom. The molecule has 0 amide bonds. The van der Waals surface area contributed by atoms with Gasteiger partial charge in [0, 0.05) is 42.9 Å². The van der Waals surface area contributed by atoms with Gasteiger partial charge in [0.15, 0.2) is 12.2 Å². The minimum absolute atomic E-state index is 0.260. The molecule has 1 aliphatic rings. The Labute approximate surface area is 169 Å². The number of aromatic amines is 1. The fourth-order valence-electron chi connectivity index (χ4n) is 4.14. The Morgan fingerprint density at radius 1 is 1.00 bits per heavy atom. The smallest absolute Gasteiger partial charge is 0.181 e. The minimum Gasteiger partial charge on any atom is -0.442 e. The zero-order valence-corrected chi connectivity index (χ0v) is 16.5. The number of benzene rings is 2. The monoisotopic (exact) mass is 382 g/mol. The van der Waals surface area contributed by atoms with Crippen molar-refractivity contribution in [2.45, 2.75) is 11.8 Å². The van der Waals surface area contributed by atoms with Crippen LogP contribution in [0.15, 0.2) is 77.7 Å². The molecule has 0 radical (unpaired) electrons. The highest BCUT2D eigenvalue weighted by molar-refractivity contribution is 5.74. The van der Waals surface area contributed by atoms with E-state index in [1.807, 2.05) is 0 Å². The lowest BCUT2D eigenvalue weighted by Gasteiger charge is -2.34. The number of fused-ring (bicyclic) bond motifs is 1.